The molecule has 0 aromatic heterocycles. The van der Waals surface area contributed by atoms with Crippen molar-refractivity contribution in [2.24, 2.45) is 23.2 Å². The Labute approximate surface area is 143 Å². The summed E-state index contributed by atoms with van der Waals surface area (Å²) in [6.45, 7) is 3.62. The highest BCUT2D eigenvalue weighted by Gasteiger charge is 2.61. The van der Waals surface area contributed by atoms with E-state index >= 15 is 0 Å². The Morgan fingerprint density at radius 3 is 2.62 bits per heavy atom. The van der Waals surface area contributed by atoms with Gasteiger partial charge >= 0.3 is 5.97 Å². The fourth-order valence-corrected chi connectivity index (χ4v) is 6.38. The highest BCUT2D eigenvalue weighted by molar-refractivity contribution is 5.92. The lowest BCUT2D eigenvalue weighted by molar-refractivity contribution is -0.175. The fraction of sp³-hybridized carbons (Fsp3) is 0.750. The lowest BCUT2D eigenvalue weighted by Crippen LogP contribution is -2.57. The minimum Gasteiger partial charge on any atom is -0.454 e. The molecule has 0 aromatic rings. The van der Waals surface area contributed by atoms with E-state index in [1.165, 1.54) is 6.92 Å². The van der Waals surface area contributed by atoms with E-state index in [0.717, 1.165) is 37.7 Å². The monoisotopic (exact) mass is 330 g/mol. The van der Waals surface area contributed by atoms with Crippen LogP contribution in [0.4, 0.5) is 0 Å². The maximum atomic E-state index is 12.4. The number of rotatable bonds is 1. The highest BCUT2D eigenvalue weighted by Crippen LogP contribution is 2.62. The Morgan fingerprint density at radius 1 is 1.08 bits per heavy atom. The van der Waals surface area contributed by atoms with Gasteiger partial charge in [-0.3, -0.25) is 14.4 Å². The number of ether oxygens (including phenoxy) is 1. The maximum absolute atomic E-state index is 12.4. The van der Waals surface area contributed by atoms with Crippen LogP contribution < -0.4 is 0 Å². The fourth-order valence-electron chi connectivity index (χ4n) is 6.38. The van der Waals surface area contributed by atoms with Crippen LogP contribution in [0, 0.1) is 23.2 Å². The van der Waals surface area contributed by atoms with Crippen LogP contribution in [0.2, 0.25) is 0 Å². The molecule has 0 saturated heterocycles. The molecule has 0 aliphatic heterocycles. The Morgan fingerprint density at radius 2 is 1.88 bits per heavy atom. The second-order valence-corrected chi connectivity index (χ2v) is 8.45. The van der Waals surface area contributed by atoms with Gasteiger partial charge in [0.1, 0.15) is 11.4 Å². The van der Waals surface area contributed by atoms with Gasteiger partial charge in [-0.2, -0.15) is 0 Å². The molecule has 3 fully saturated rings. The molecule has 4 aliphatic carbocycles. The van der Waals surface area contributed by atoms with E-state index in [1.807, 2.05) is 0 Å². The molecule has 0 amide bonds. The van der Waals surface area contributed by atoms with Crippen molar-refractivity contribution >= 4 is 17.5 Å². The molecular formula is C20H26O4. The van der Waals surface area contributed by atoms with Crippen LogP contribution in [0.15, 0.2) is 11.6 Å². The summed E-state index contributed by atoms with van der Waals surface area (Å²) < 4.78 is 5.96. The van der Waals surface area contributed by atoms with E-state index in [1.54, 1.807) is 6.08 Å². The maximum Gasteiger partial charge on any atom is 0.303 e. The first-order valence-electron chi connectivity index (χ1n) is 9.33. The van der Waals surface area contributed by atoms with Gasteiger partial charge in [0.2, 0.25) is 0 Å². The average molecular weight is 330 g/mol. The standard InChI is InChI=1S/C20H26O4/c1-12(21)24-20-10-7-14(22)11-13(20)3-4-15-16-5-6-18(23)19(16,2)9-8-17(15)20/h11,15-17H,3-10H2,1-2H3/t15-,16-,17+,19-,20-/m1/s1. The molecule has 3 saturated carbocycles. The van der Waals surface area contributed by atoms with Gasteiger partial charge in [-0.15, -0.1) is 0 Å². The Bertz CT molecular complexity index is 648. The average Bonchev–Trinajstić information content (AvgIpc) is 2.83. The third-order valence-electron chi connectivity index (χ3n) is 7.44. The Hall–Kier alpha value is -1.45. The van der Waals surface area contributed by atoms with E-state index in [9.17, 15) is 14.4 Å². The summed E-state index contributed by atoms with van der Waals surface area (Å²) in [6.07, 6.45) is 8.15. The van der Waals surface area contributed by atoms with Crippen molar-refractivity contribution in [1.29, 1.82) is 0 Å². The highest BCUT2D eigenvalue weighted by atomic mass is 16.6. The molecule has 5 atom stereocenters. The van der Waals surface area contributed by atoms with Gasteiger partial charge in [0, 0.05) is 31.1 Å². The number of ketones is 2. The molecule has 0 radical (unpaired) electrons. The predicted molar refractivity (Wildman–Crippen MR) is 88.1 cm³/mol. The van der Waals surface area contributed by atoms with Crippen LogP contribution in [0.1, 0.15) is 65.2 Å². The number of fused-ring (bicyclic) bond motifs is 5. The molecule has 130 valence electrons. The van der Waals surface area contributed by atoms with Crippen molar-refractivity contribution in [3.05, 3.63) is 11.6 Å². The normalized spacial score (nSPS) is 44.2. The number of carbonyl (C=O) groups is 3. The zero-order valence-corrected chi connectivity index (χ0v) is 14.6. The van der Waals surface area contributed by atoms with Crippen LogP contribution in [0.3, 0.4) is 0 Å². The van der Waals surface area contributed by atoms with Gasteiger partial charge in [0.15, 0.2) is 5.78 Å². The van der Waals surface area contributed by atoms with E-state index < -0.39 is 5.60 Å². The second kappa shape index (κ2) is 5.27. The summed E-state index contributed by atoms with van der Waals surface area (Å²) in [6, 6.07) is 0. The molecule has 4 nitrogen and oxygen atoms in total. The molecule has 0 N–H and O–H groups in total. The van der Waals surface area contributed by atoms with Crippen LogP contribution in [0.5, 0.6) is 0 Å². The van der Waals surface area contributed by atoms with Crippen molar-refractivity contribution in [2.75, 3.05) is 0 Å². The van der Waals surface area contributed by atoms with Crippen molar-refractivity contribution in [1.82, 2.24) is 0 Å². The summed E-state index contributed by atoms with van der Waals surface area (Å²) in [4.78, 5) is 36.2. The van der Waals surface area contributed by atoms with Gasteiger partial charge in [-0.25, -0.2) is 0 Å². The molecule has 24 heavy (non-hydrogen) atoms. The first kappa shape index (κ1) is 16.0. The molecule has 4 aliphatic rings. The van der Waals surface area contributed by atoms with Gasteiger partial charge in [-0.1, -0.05) is 6.92 Å². The Balaban J connectivity index is 1.74. The number of hydrogen-bond donors (Lipinski definition) is 0. The first-order valence-corrected chi connectivity index (χ1v) is 9.33. The summed E-state index contributed by atoms with van der Waals surface area (Å²) in [7, 11) is 0. The van der Waals surface area contributed by atoms with Crippen molar-refractivity contribution in [3.8, 4) is 0 Å². The smallest absolute Gasteiger partial charge is 0.303 e. The third kappa shape index (κ3) is 2.07. The van der Waals surface area contributed by atoms with Gasteiger partial charge in [-0.05, 0) is 62.0 Å². The molecule has 0 heterocycles. The van der Waals surface area contributed by atoms with Crippen LogP contribution in [0.25, 0.3) is 0 Å². The summed E-state index contributed by atoms with van der Waals surface area (Å²) in [5, 5.41) is 0. The third-order valence-corrected chi connectivity index (χ3v) is 7.44. The van der Waals surface area contributed by atoms with Crippen molar-refractivity contribution in [3.63, 3.8) is 0 Å². The SMILES string of the molecule is CC(=O)O[C@]12CCC(=O)C=C1CC[C@@H]1[C@H]3CCC(=O)[C@]3(C)CC[C@@H]12. The molecule has 4 heteroatoms. The van der Waals surface area contributed by atoms with Crippen molar-refractivity contribution < 1.29 is 19.1 Å². The van der Waals surface area contributed by atoms with Gasteiger partial charge < -0.3 is 4.74 Å². The summed E-state index contributed by atoms with van der Waals surface area (Å²) in [5.41, 5.74) is 0.267. The predicted octanol–water partition coefficient (Wildman–Crippen LogP) is 3.38. The molecule has 0 spiro atoms. The van der Waals surface area contributed by atoms with E-state index in [4.69, 9.17) is 4.74 Å². The zero-order chi connectivity index (χ0) is 17.1. The molecular weight excluding hydrogens is 304 g/mol. The van der Waals surface area contributed by atoms with Crippen LogP contribution in [-0.4, -0.2) is 23.1 Å². The lowest BCUT2D eigenvalue weighted by atomic mass is 9.50. The summed E-state index contributed by atoms with van der Waals surface area (Å²) in [5.74, 6) is 1.43. The molecule has 4 rings (SSSR count). The summed E-state index contributed by atoms with van der Waals surface area (Å²) >= 11 is 0. The van der Waals surface area contributed by atoms with Crippen molar-refractivity contribution in [2.45, 2.75) is 70.8 Å². The minimum absolute atomic E-state index is 0.155. The molecule has 0 aromatic carbocycles. The second-order valence-electron chi connectivity index (χ2n) is 8.45. The van der Waals surface area contributed by atoms with Gasteiger partial charge in [0.25, 0.3) is 0 Å². The van der Waals surface area contributed by atoms with Gasteiger partial charge in [0.05, 0.1) is 0 Å². The van der Waals surface area contributed by atoms with Crippen LogP contribution >= 0.6 is 0 Å². The Kier molecular flexibility index (Phi) is 3.52. The largest absolute Gasteiger partial charge is 0.454 e. The van der Waals surface area contributed by atoms with E-state index in [0.29, 0.717) is 36.9 Å². The lowest BCUT2D eigenvalue weighted by Gasteiger charge is -2.56. The topological polar surface area (TPSA) is 60.4 Å². The number of esters is 1. The first-order chi connectivity index (χ1) is 11.4. The molecule has 0 unspecified atom stereocenters. The number of hydrogen-bond acceptors (Lipinski definition) is 4. The van der Waals surface area contributed by atoms with E-state index in [2.05, 4.69) is 6.92 Å². The number of Topliss-reactive ketones (excluding diaryl/α,β-unsaturated/α-hetero) is 1. The zero-order valence-electron chi connectivity index (χ0n) is 14.6. The molecule has 0 bridgehead atoms. The van der Waals surface area contributed by atoms with E-state index in [-0.39, 0.29) is 23.1 Å². The quantitative estimate of drug-likeness (QED) is 0.692. The van der Waals surface area contributed by atoms with Crippen LogP contribution in [-0.2, 0) is 19.1 Å². The number of carbonyl (C=O) groups excluding carboxylic acids is 3. The minimum atomic E-state index is -0.588.